The van der Waals surface area contributed by atoms with Crippen LogP contribution in [0.2, 0.25) is 15.1 Å². The zero-order chi connectivity index (χ0) is 24.6. The molecule has 0 spiro atoms. The van der Waals surface area contributed by atoms with Crippen molar-refractivity contribution in [1.29, 1.82) is 0 Å². The van der Waals surface area contributed by atoms with Crippen LogP contribution in [0.1, 0.15) is 0 Å². The molecule has 1 aliphatic heterocycles. The molecule has 8 nitrogen and oxygen atoms in total. The van der Waals surface area contributed by atoms with Crippen molar-refractivity contribution in [2.75, 3.05) is 31.1 Å². The highest BCUT2D eigenvalue weighted by atomic mass is 35.5. The minimum atomic E-state index is -3.88. The summed E-state index contributed by atoms with van der Waals surface area (Å²) in [7, 11) is -3.88. The summed E-state index contributed by atoms with van der Waals surface area (Å²) >= 11 is 18.3. The third kappa shape index (κ3) is 4.87. The molecule has 180 valence electrons. The molecule has 0 saturated carbocycles. The SMILES string of the molecule is O=S(=O)(c1c(Cl)cc(Cl)cc1Cl)N1CCN(c2nccc(-c3ccc(-n4ccnc4)cc3)n2)CC1. The van der Waals surface area contributed by atoms with E-state index in [9.17, 15) is 8.42 Å². The minimum absolute atomic E-state index is 0.0000195. The second-order valence-corrected chi connectivity index (χ2v) is 11.0. The molecule has 12 heteroatoms. The number of benzene rings is 2. The van der Waals surface area contributed by atoms with Gasteiger partial charge in [-0.1, -0.05) is 46.9 Å². The van der Waals surface area contributed by atoms with Crippen molar-refractivity contribution in [3.8, 4) is 16.9 Å². The first-order valence-corrected chi connectivity index (χ1v) is 13.2. The van der Waals surface area contributed by atoms with Crippen molar-refractivity contribution in [1.82, 2.24) is 23.8 Å². The molecule has 1 aliphatic rings. The lowest BCUT2D eigenvalue weighted by Gasteiger charge is -2.34. The van der Waals surface area contributed by atoms with Gasteiger partial charge < -0.3 is 9.47 Å². The lowest BCUT2D eigenvalue weighted by Crippen LogP contribution is -2.49. The van der Waals surface area contributed by atoms with Crippen LogP contribution in [0.15, 0.2) is 72.3 Å². The number of imidazole rings is 1. The molecule has 35 heavy (non-hydrogen) atoms. The number of aromatic nitrogens is 4. The first-order valence-electron chi connectivity index (χ1n) is 10.6. The average Bonchev–Trinajstić information content (AvgIpc) is 3.39. The van der Waals surface area contributed by atoms with E-state index < -0.39 is 10.0 Å². The van der Waals surface area contributed by atoms with Crippen molar-refractivity contribution < 1.29 is 8.42 Å². The molecular weight excluding hydrogens is 531 g/mol. The molecule has 0 bridgehead atoms. The number of piperazine rings is 1. The Kier molecular flexibility index (Phi) is 6.69. The van der Waals surface area contributed by atoms with E-state index in [1.807, 2.05) is 46.0 Å². The zero-order valence-corrected chi connectivity index (χ0v) is 21.3. The van der Waals surface area contributed by atoms with Crippen LogP contribution < -0.4 is 4.90 Å². The molecule has 0 N–H and O–H groups in total. The number of sulfonamides is 1. The van der Waals surface area contributed by atoms with E-state index >= 15 is 0 Å². The predicted molar refractivity (Wildman–Crippen MR) is 137 cm³/mol. The zero-order valence-electron chi connectivity index (χ0n) is 18.2. The molecule has 0 aliphatic carbocycles. The van der Waals surface area contributed by atoms with Gasteiger partial charge in [0.2, 0.25) is 16.0 Å². The maximum Gasteiger partial charge on any atom is 0.246 e. The van der Waals surface area contributed by atoms with E-state index in [1.54, 1.807) is 18.7 Å². The van der Waals surface area contributed by atoms with E-state index in [-0.39, 0.29) is 33.1 Å². The molecule has 0 unspecified atom stereocenters. The predicted octanol–water partition coefficient (Wildman–Crippen LogP) is 4.80. The third-order valence-corrected chi connectivity index (χ3v) is 8.73. The Morgan fingerprint density at radius 2 is 1.54 bits per heavy atom. The lowest BCUT2D eigenvalue weighted by atomic mass is 10.1. The second-order valence-electron chi connectivity index (χ2n) is 7.85. The lowest BCUT2D eigenvalue weighted by molar-refractivity contribution is 0.382. The second kappa shape index (κ2) is 9.75. The fourth-order valence-corrected chi connectivity index (χ4v) is 6.83. The fraction of sp³-hybridized carbons (Fsp3) is 0.174. The van der Waals surface area contributed by atoms with Crippen LogP contribution in [0, 0.1) is 0 Å². The number of hydrogen-bond donors (Lipinski definition) is 0. The van der Waals surface area contributed by atoms with Crippen molar-refractivity contribution >= 4 is 50.8 Å². The summed E-state index contributed by atoms with van der Waals surface area (Å²) in [6.45, 7) is 1.33. The number of rotatable bonds is 5. The molecule has 1 saturated heterocycles. The van der Waals surface area contributed by atoms with Crippen LogP contribution >= 0.6 is 34.8 Å². The van der Waals surface area contributed by atoms with Gasteiger partial charge in [-0.2, -0.15) is 4.31 Å². The molecular formula is C23H19Cl3N6O2S. The highest BCUT2D eigenvalue weighted by Gasteiger charge is 2.32. The van der Waals surface area contributed by atoms with Crippen molar-refractivity contribution in [2.24, 2.45) is 0 Å². The van der Waals surface area contributed by atoms with Crippen LogP contribution in [-0.4, -0.2) is 58.4 Å². The van der Waals surface area contributed by atoms with Gasteiger partial charge in [0.25, 0.3) is 0 Å². The maximum absolute atomic E-state index is 13.2. The first-order chi connectivity index (χ1) is 16.8. The average molecular weight is 550 g/mol. The first kappa shape index (κ1) is 24.0. The molecule has 0 amide bonds. The van der Waals surface area contributed by atoms with E-state index in [4.69, 9.17) is 39.8 Å². The normalized spacial score (nSPS) is 14.9. The smallest absolute Gasteiger partial charge is 0.246 e. The standard InChI is InChI=1S/C23H19Cl3N6O2S/c24-17-13-19(25)22(20(26)14-17)35(33,34)32-11-9-30(10-12-32)23-28-6-5-21(29-23)16-1-3-18(4-2-16)31-8-7-27-15-31/h1-8,13-15H,9-12H2. The van der Waals surface area contributed by atoms with E-state index in [0.717, 1.165) is 16.9 Å². The van der Waals surface area contributed by atoms with Gasteiger partial charge in [0, 0.05) is 61.0 Å². The van der Waals surface area contributed by atoms with Gasteiger partial charge in [-0.25, -0.2) is 23.4 Å². The van der Waals surface area contributed by atoms with E-state index in [2.05, 4.69) is 9.97 Å². The monoisotopic (exact) mass is 548 g/mol. The van der Waals surface area contributed by atoms with Crippen LogP contribution in [0.25, 0.3) is 16.9 Å². The van der Waals surface area contributed by atoms with E-state index in [0.29, 0.717) is 19.0 Å². The number of hydrogen-bond acceptors (Lipinski definition) is 6. The highest BCUT2D eigenvalue weighted by molar-refractivity contribution is 7.89. The van der Waals surface area contributed by atoms with Crippen molar-refractivity contribution in [3.05, 3.63) is 82.5 Å². The van der Waals surface area contributed by atoms with Gasteiger partial charge >= 0.3 is 0 Å². The van der Waals surface area contributed by atoms with Gasteiger partial charge in [0.1, 0.15) is 4.90 Å². The molecule has 0 atom stereocenters. The summed E-state index contributed by atoms with van der Waals surface area (Å²) in [5.74, 6) is 0.542. The summed E-state index contributed by atoms with van der Waals surface area (Å²) in [6, 6.07) is 12.6. The van der Waals surface area contributed by atoms with Gasteiger partial charge in [-0.3, -0.25) is 0 Å². The summed E-state index contributed by atoms with van der Waals surface area (Å²) in [6.07, 6.45) is 7.06. The quantitative estimate of drug-likeness (QED) is 0.356. The Hall–Kier alpha value is -2.69. The Morgan fingerprint density at radius 1 is 0.857 bits per heavy atom. The Labute approximate surface area is 217 Å². The number of halogens is 3. The van der Waals surface area contributed by atoms with E-state index in [1.165, 1.54) is 16.4 Å². The van der Waals surface area contributed by atoms with Crippen molar-refractivity contribution in [2.45, 2.75) is 4.90 Å². The molecule has 5 rings (SSSR count). The Morgan fingerprint density at radius 3 is 2.17 bits per heavy atom. The Bertz CT molecular complexity index is 1430. The molecule has 2 aromatic heterocycles. The molecule has 0 radical (unpaired) electrons. The number of nitrogens with zero attached hydrogens (tertiary/aromatic N) is 6. The third-order valence-electron chi connectivity index (χ3n) is 5.69. The topological polar surface area (TPSA) is 84.2 Å². The van der Waals surface area contributed by atoms with Crippen LogP contribution in [-0.2, 0) is 10.0 Å². The van der Waals surface area contributed by atoms with Crippen LogP contribution in [0.3, 0.4) is 0 Å². The molecule has 4 aromatic rings. The Balaban J connectivity index is 1.31. The molecule has 2 aromatic carbocycles. The van der Waals surface area contributed by atoms with Gasteiger partial charge in [0.15, 0.2) is 0 Å². The summed E-state index contributed by atoms with van der Waals surface area (Å²) < 4.78 is 29.7. The van der Waals surface area contributed by atoms with Crippen LogP contribution in [0.5, 0.6) is 0 Å². The van der Waals surface area contributed by atoms with Gasteiger partial charge in [-0.05, 0) is 30.3 Å². The minimum Gasteiger partial charge on any atom is -0.338 e. The maximum atomic E-state index is 13.2. The largest absolute Gasteiger partial charge is 0.338 e. The fourth-order valence-electron chi connectivity index (χ4n) is 3.91. The van der Waals surface area contributed by atoms with Crippen molar-refractivity contribution in [3.63, 3.8) is 0 Å². The molecule has 3 heterocycles. The summed E-state index contributed by atoms with van der Waals surface area (Å²) in [5, 5.41) is 0.275. The van der Waals surface area contributed by atoms with Gasteiger partial charge in [0.05, 0.1) is 22.1 Å². The summed E-state index contributed by atoms with van der Waals surface area (Å²) in [5.41, 5.74) is 2.73. The summed E-state index contributed by atoms with van der Waals surface area (Å²) in [4.78, 5) is 15.0. The highest BCUT2D eigenvalue weighted by Crippen LogP contribution is 2.35. The number of anilines is 1. The van der Waals surface area contributed by atoms with Gasteiger partial charge in [-0.15, -0.1) is 0 Å². The molecule has 1 fully saturated rings. The van der Waals surface area contributed by atoms with Crippen LogP contribution in [0.4, 0.5) is 5.95 Å².